The molecular formula is C22H22ClF3N2O3S. The number of hydrogen-bond acceptors (Lipinski definition) is 3. The first-order valence-electron chi connectivity index (χ1n) is 10.3. The van der Waals surface area contributed by atoms with Gasteiger partial charge < -0.3 is 4.90 Å². The van der Waals surface area contributed by atoms with Gasteiger partial charge in [0.1, 0.15) is 4.90 Å². The quantitative estimate of drug-likeness (QED) is 0.616. The summed E-state index contributed by atoms with van der Waals surface area (Å²) in [5, 5.41) is 0.148. The van der Waals surface area contributed by atoms with Crippen molar-refractivity contribution >= 4 is 33.2 Å². The summed E-state index contributed by atoms with van der Waals surface area (Å²) in [5.41, 5.74) is -1.06. The maximum atomic E-state index is 13.4. The molecule has 2 fully saturated rings. The van der Waals surface area contributed by atoms with Crippen molar-refractivity contribution in [1.82, 2.24) is 4.31 Å². The molecule has 10 heteroatoms. The van der Waals surface area contributed by atoms with Gasteiger partial charge in [0.25, 0.3) is 0 Å². The lowest BCUT2D eigenvalue weighted by atomic mass is 9.72. The topological polar surface area (TPSA) is 57.7 Å². The van der Waals surface area contributed by atoms with E-state index in [4.69, 9.17) is 11.6 Å². The number of piperidine rings is 2. The van der Waals surface area contributed by atoms with Crippen LogP contribution in [0.4, 0.5) is 18.9 Å². The molecule has 1 amide bonds. The molecule has 0 N–H and O–H groups in total. The van der Waals surface area contributed by atoms with Gasteiger partial charge in [-0.2, -0.15) is 17.5 Å². The molecule has 2 saturated heterocycles. The fraction of sp³-hybridized carbons (Fsp3) is 0.409. The summed E-state index contributed by atoms with van der Waals surface area (Å²) in [6.07, 6.45) is -2.40. The van der Waals surface area contributed by atoms with Crippen molar-refractivity contribution in [2.75, 3.05) is 24.5 Å². The van der Waals surface area contributed by atoms with Crippen LogP contribution in [-0.2, 0) is 21.0 Å². The molecule has 5 nitrogen and oxygen atoms in total. The third kappa shape index (κ3) is 4.13. The smallest absolute Gasteiger partial charge is 0.312 e. The van der Waals surface area contributed by atoms with E-state index in [9.17, 15) is 26.4 Å². The molecule has 2 aromatic carbocycles. The van der Waals surface area contributed by atoms with Crippen LogP contribution in [0.25, 0.3) is 0 Å². The van der Waals surface area contributed by atoms with E-state index < -0.39 is 27.2 Å². The number of carbonyl (C=O) groups excluding carboxylic acids is 1. The van der Waals surface area contributed by atoms with E-state index >= 15 is 0 Å². The lowest BCUT2D eigenvalue weighted by Gasteiger charge is -2.46. The number of alkyl halides is 3. The van der Waals surface area contributed by atoms with E-state index in [-0.39, 0.29) is 28.9 Å². The Balaban J connectivity index is 1.51. The molecule has 0 saturated carbocycles. The van der Waals surface area contributed by atoms with Gasteiger partial charge in [0.05, 0.1) is 16.0 Å². The van der Waals surface area contributed by atoms with Crippen molar-refractivity contribution in [2.45, 2.75) is 36.8 Å². The second kappa shape index (κ2) is 8.35. The molecule has 2 heterocycles. The number of benzene rings is 2. The molecule has 0 atom stereocenters. The Hall–Kier alpha value is -2.10. The molecule has 0 aromatic heterocycles. The Morgan fingerprint density at radius 2 is 1.53 bits per heavy atom. The molecule has 0 unspecified atom stereocenters. The van der Waals surface area contributed by atoms with Crippen molar-refractivity contribution in [3.63, 3.8) is 0 Å². The molecule has 172 valence electrons. The highest BCUT2D eigenvalue weighted by atomic mass is 35.5. The Kier molecular flexibility index (Phi) is 6.02. The number of amides is 1. The predicted octanol–water partition coefficient (Wildman–Crippen LogP) is 4.96. The summed E-state index contributed by atoms with van der Waals surface area (Å²) in [5.74, 6) is -0.154. The zero-order valence-electron chi connectivity index (χ0n) is 17.1. The highest BCUT2D eigenvalue weighted by Gasteiger charge is 2.48. The Bertz CT molecular complexity index is 1110. The Labute approximate surface area is 189 Å². The van der Waals surface area contributed by atoms with E-state index in [0.717, 1.165) is 12.1 Å². The van der Waals surface area contributed by atoms with Gasteiger partial charge in [0.2, 0.25) is 15.9 Å². The third-order valence-corrected chi connectivity index (χ3v) is 8.77. The number of anilines is 1. The van der Waals surface area contributed by atoms with Gasteiger partial charge in [0, 0.05) is 25.3 Å². The zero-order valence-corrected chi connectivity index (χ0v) is 18.7. The average Bonchev–Trinajstić information content (AvgIpc) is 2.76. The van der Waals surface area contributed by atoms with Crippen molar-refractivity contribution < 1.29 is 26.4 Å². The summed E-state index contributed by atoms with van der Waals surface area (Å²) in [4.78, 5) is 15.0. The summed E-state index contributed by atoms with van der Waals surface area (Å²) in [6.45, 7) is 0.786. The van der Waals surface area contributed by atoms with Crippen LogP contribution >= 0.6 is 11.6 Å². The van der Waals surface area contributed by atoms with Crippen molar-refractivity contribution in [1.29, 1.82) is 0 Å². The molecule has 0 aliphatic carbocycles. The molecular weight excluding hydrogens is 465 g/mol. The van der Waals surface area contributed by atoms with Gasteiger partial charge in [-0.1, -0.05) is 23.7 Å². The fourth-order valence-corrected chi connectivity index (χ4v) is 6.49. The van der Waals surface area contributed by atoms with Crippen LogP contribution in [0.5, 0.6) is 0 Å². The minimum Gasteiger partial charge on any atom is -0.312 e. The van der Waals surface area contributed by atoms with Gasteiger partial charge in [-0.05, 0) is 62.1 Å². The number of carbonyl (C=O) groups is 1. The molecule has 2 aliphatic rings. The van der Waals surface area contributed by atoms with E-state index in [1.54, 1.807) is 12.1 Å². The average molecular weight is 487 g/mol. The normalized spacial score (nSPS) is 20.0. The van der Waals surface area contributed by atoms with Crippen LogP contribution < -0.4 is 4.90 Å². The SMILES string of the molecule is O=C1N(c2ccc(C(F)(F)F)cc2)CCCC12CCN(S(=O)(=O)c1ccccc1Cl)CC2. The molecule has 2 aliphatic heterocycles. The molecule has 1 spiro atoms. The van der Waals surface area contributed by atoms with Crippen LogP contribution in [0, 0.1) is 5.41 Å². The largest absolute Gasteiger partial charge is 0.416 e. The third-order valence-electron chi connectivity index (χ3n) is 6.38. The maximum absolute atomic E-state index is 13.4. The maximum Gasteiger partial charge on any atom is 0.416 e. The number of hydrogen-bond donors (Lipinski definition) is 0. The van der Waals surface area contributed by atoms with Crippen molar-refractivity contribution in [3.8, 4) is 0 Å². The van der Waals surface area contributed by atoms with Gasteiger partial charge in [-0.15, -0.1) is 0 Å². The highest BCUT2D eigenvalue weighted by Crippen LogP contribution is 2.43. The van der Waals surface area contributed by atoms with E-state index in [1.807, 2.05) is 0 Å². The lowest BCUT2D eigenvalue weighted by molar-refractivity contribution is -0.137. The van der Waals surface area contributed by atoms with Gasteiger partial charge in [-0.25, -0.2) is 8.42 Å². The second-order valence-electron chi connectivity index (χ2n) is 8.22. The van der Waals surface area contributed by atoms with E-state index in [0.29, 0.717) is 37.9 Å². The summed E-state index contributed by atoms with van der Waals surface area (Å²) >= 11 is 6.08. The minimum atomic E-state index is -4.44. The van der Waals surface area contributed by atoms with Gasteiger partial charge >= 0.3 is 6.18 Å². The molecule has 32 heavy (non-hydrogen) atoms. The predicted molar refractivity (Wildman–Crippen MR) is 115 cm³/mol. The minimum absolute atomic E-state index is 0.0407. The van der Waals surface area contributed by atoms with E-state index in [1.165, 1.54) is 33.5 Å². The zero-order chi connectivity index (χ0) is 23.1. The standard InChI is InChI=1S/C22H22ClF3N2O3S/c23-18-4-1-2-5-19(18)32(30,31)27-14-11-21(12-15-27)10-3-13-28(20(21)29)17-8-6-16(7-9-17)22(24,25)26/h1-2,4-9H,3,10-15H2. The lowest BCUT2D eigenvalue weighted by Crippen LogP contribution is -2.54. The summed E-state index contributed by atoms with van der Waals surface area (Å²) in [7, 11) is -3.78. The van der Waals surface area contributed by atoms with Crippen LogP contribution in [0.3, 0.4) is 0 Å². The molecule has 2 aromatic rings. The Morgan fingerprint density at radius 3 is 2.12 bits per heavy atom. The summed E-state index contributed by atoms with van der Waals surface area (Å²) in [6, 6.07) is 10.8. The molecule has 0 radical (unpaired) electrons. The monoisotopic (exact) mass is 486 g/mol. The van der Waals surface area contributed by atoms with Crippen LogP contribution in [0.2, 0.25) is 5.02 Å². The number of sulfonamides is 1. The number of halogens is 4. The number of nitrogens with zero attached hydrogens (tertiary/aromatic N) is 2. The van der Waals surface area contributed by atoms with Crippen LogP contribution in [0.1, 0.15) is 31.2 Å². The Morgan fingerprint density at radius 1 is 0.906 bits per heavy atom. The van der Waals surface area contributed by atoms with Crippen molar-refractivity contribution in [2.24, 2.45) is 5.41 Å². The first-order chi connectivity index (χ1) is 15.0. The molecule has 4 rings (SSSR count). The second-order valence-corrected chi connectivity index (χ2v) is 10.5. The fourth-order valence-electron chi connectivity index (χ4n) is 4.56. The van der Waals surface area contributed by atoms with Crippen LogP contribution in [-0.4, -0.2) is 38.3 Å². The first kappa shape index (κ1) is 23.1. The van der Waals surface area contributed by atoms with Gasteiger partial charge in [-0.3, -0.25) is 4.79 Å². The molecule has 0 bridgehead atoms. The summed E-state index contributed by atoms with van der Waals surface area (Å²) < 4.78 is 66.0. The van der Waals surface area contributed by atoms with Crippen LogP contribution in [0.15, 0.2) is 53.4 Å². The van der Waals surface area contributed by atoms with Crippen molar-refractivity contribution in [3.05, 3.63) is 59.1 Å². The first-order valence-corrected chi connectivity index (χ1v) is 12.1. The van der Waals surface area contributed by atoms with E-state index in [2.05, 4.69) is 0 Å². The number of rotatable bonds is 3. The van der Waals surface area contributed by atoms with Gasteiger partial charge in [0.15, 0.2) is 0 Å². The highest BCUT2D eigenvalue weighted by molar-refractivity contribution is 7.89.